The monoisotopic (exact) mass is 258 g/mol. The number of furan rings is 1. The van der Waals surface area contributed by atoms with Gasteiger partial charge >= 0.3 is 0 Å². The summed E-state index contributed by atoms with van der Waals surface area (Å²) in [5.74, 6) is 1.54. The molecule has 1 saturated carbocycles. The van der Waals surface area contributed by atoms with Crippen molar-refractivity contribution in [2.75, 3.05) is 0 Å². The molecule has 102 valence electrons. The highest BCUT2D eigenvalue weighted by molar-refractivity contribution is 5.80. The van der Waals surface area contributed by atoms with Crippen LogP contribution in [0.1, 0.15) is 56.0 Å². The van der Waals surface area contributed by atoms with E-state index in [1.54, 1.807) is 0 Å². The van der Waals surface area contributed by atoms with Gasteiger partial charge in [-0.05, 0) is 37.3 Å². The van der Waals surface area contributed by atoms with E-state index in [1.165, 1.54) is 25.7 Å². The second kappa shape index (κ2) is 5.38. The van der Waals surface area contributed by atoms with Crippen LogP contribution in [0.25, 0.3) is 11.0 Å². The minimum atomic E-state index is -0.451. The Hall–Kier alpha value is -1.28. The highest BCUT2D eigenvalue weighted by Gasteiger charge is 2.19. The molecule has 1 aliphatic carbocycles. The van der Waals surface area contributed by atoms with Crippen molar-refractivity contribution in [2.24, 2.45) is 5.92 Å². The van der Waals surface area contributed by atoms with Gasteiger partial charge in [-0.3, -0.25) is 0 Å². The second-order valence-corrected chi connectivity index (χ2v) is 5.89. The summed E-state index contributed by atoms with van der Waals surface area (Å²) in [6.07, 6.45) is 6.90. The molecule has 1 aliphatic rings. The maximum atomic E-state index is 10.3. The summed E-state index contributed by atoms with van der Waals surface area (Å²) in [7, 11) is 0. The molecule has 1 aromatic carbocycles. The Labute approximate surface area is 114 Å². The molecule has 3 rings (SSSR count). The number of aliphatic hydroxyl groups excluding tert-OH is 1. The molecule has 0 saturated heterocycles. The van der Waals surface area contributed by atoms with Crippen LogP contribution in [0.3, 0.4) is 0 Å². The lowest BCUT2D eigenvalue weighted by Crippen LogP contribution is -2.00. The van der Waals surface area contributed by atoms with E-state index in [1.807, 2.05) is 31.2 Å². The van der Waals surface area contributed by atoms with E-state index in [4.69, 9.17) is 4.42 Å². The van der Waals surface area contributed by atoms with Crippen molar-refractivity contribution >= 4 is 11.0 Å². The first kappa shape index (κ1) is 12.7. The van der Waals surface area contributed by atoms with E-state index in [-0.39, 0.29) is 0 Å². The van der Waals surface area contributed by atoms with E-state index >= 15 is 0 Å². The van der Waals surface area contributed by atoms with Crippen molar-refractivity contribution in [3.8, 4) is 0 Å². The molecular formula is C17H22O2. The zero-order valence-electron chi connectivity index (χ0n) is 11.6. The molecule has 0 spiro atoms. The van der Waals surface area contributed by atoms with Gasteiger partial charge in [0.15, 0.2) is 0 Å². The summed E-state index contributed by atoms with van der Waals surface area (Å²) >= 11 is 0. The van der Waals surface area contributed by atoms with Crippen molar-refractivity contribution < 1.29 is 9.52 Å². The van der Waals surface area contributed by atoms with Gasteiger partial charge in [-0.1, -0.05) is 43.9 Å². The highest BCUT2D eigenvalue weighted by Crippen LogP contribution is 2.33. The summed E-state index contributed by atoms with van der Waals surface area (Å²) in [4.78, 5) is 0. The largest absolute Gasteiger partial charge is 0.458 e. The van der Waals surface area contributed by atoms with Gasteiger partial charge in [0.2, 0.25) is 0 Å². The Balaban J connectivity index is 1.70. The Kier molecular flexibility index (Phi) is 3.61. The molecule has 2 aromatic rings. The fraction of sp³-hybridized carbons (Fsp3) is 0.529. The molecule has 2 nitrogen and oxygen atoms in total. The van der Waals surface area contributed by atoms with Crippen LogP contribution < -0.4 is 0 Å². The number of hydrogen-bond donors (Lipinski definition) is 1. The molecule has 0 bridgehead atoms. The van der Waals surface area contributed by atoms with E-state index in [9.17, 15) is 5.11 Å². The zero-order chi connectivity index (χ0) is 13.2. The van der Waals surface area contributed by atoms with Gasteiger partial charge in [0.05, 0.1) is 0 Å². The van der Waals surface area contributed by atoms with Gasteiger partial charge < -0.3 is 9.52 Å². The lowest BCUT2D eigenvalue weighted by atomic mass is 9.99. The highest BCUT2D eigenvalue weighted by atomic mass is 16.4. The quantitative estimate of drug-likeness (QED) is 0.858. The van der Waals surface area contributed by atoms with Gasteiger partial charge in [-0.15, -0.1) is 0 Å². The van der Waals surface area contributed by atoms with Crippen molar-refractivity contribution in [2.45, 2.75) is 51.6 Å². The van der Waals surface area contributed by atoms with Crippen LogP contribution in [-0.4, -0.2) is 5.11 Å². The van der Waals surface area contributed by atoms with Crippen LogP contribution in [0.5, 0.6) is 0 Å². The second-order valence-electron chi connectivity index (χ2n) is 5.89. The lowest BCUT2D eigenvalue weighted by molar-refractivity contribution is 0.133. The van der Waals surface area contributed by atoms with E-state index in [2.05, 4.69) is 0 Å². The first-order valence-corrected chi connectivity index (χ1v) is 7.41. The molecule has 1 fully saturated rings. The smallest absolute Gasteiger partial charge is 0.137 e. The third-order valence-electron chi connectivity index (χ3n) is 4.41. The van der Waals surface area contributed by atoms with E-state index < -0.39 is 6.10 Å². The standard InChI is InChI=1S/C17H22O2/c1-12-5-4-8-14-11-16(19-17(12)14)15(18)10-9-13-6-2-3-7-13/h4-5,8,11,13,15,18H,2-3,6-7,9-10H2,1H3. The minimum absolute atomic E-state index is 0.451. The van der Waals surface area contributed by atoms with Crippen molar-refractivity contribution in [3.05, 3.63) is 35.6 Å². The van der Waals surface area contributed by atoms with Gasteiger partial charge in [0, 0.05) is 5.39 Å². The predicted octanol–water partition coefficient (Wildman–Crippen LogP) is 4.75. The maximum absolute atomic E-state index is 10.3. The Bertz CT molecular complexity index is 549. The van der Waals surface area contributed by atoms with Crippen LogP contribution >= 0.6 is 0 Å². The number of aliphatic hydroxyl groups is 1. The number of aryl methyl sites for hydroxylation is 1. The Morgan fingerprint density at radius 1 is 1.32 bits per heavy atom. The van der Waals surface area contributed by atoms with Crippen molar-refractivity contribution in [1.82, 2.24) is 0 Å². The average molecular weight is 258 g/mol. The molecule has 1 unspecified atom stereocenters. The Morgan fingerprint density at radius 3 is 2.84 bits per heavy atom. The maximum Gasteiger partial charge on any atom is 0.137 e. The number of benzene rings is 1. The molecule has 19 heavy (non-hydrogen) atoms. The SMILES string of the molecule is Cc1cccc2cc(C(O)CCC3CCCC3)oc12. The van der Waals surface area contributed by atoms with Crippen LogP contribution in [0.2, 0.25) is 0 Å². The van der Waals surface area contributed by atoms with Gasteiger partial charge in [-0.2, -0.15) is 0 Å². The molecule has 1 heterocycles. The van der Waals surface area contributed by atoms with Crippen LogP contribution in [0.15, 0.2) is 28.7 Å². The predicted molar refractivity (Wildman–Crippen MR) is 77.1 cm³/mol. The topological polar surface area (TPSA) is 33.4 Å². The molecule has 1 atom stereocenters. The average Bonchev–Trinajstić information content (AvgIpc) is 3.05. The minimum Gasteiger partial charge on any atom is -0.458 e. The molecule has 2 heteroatoms. The fourth-order valence-corrected chi connectivity index (χ4v) is 3.23. The van der Waals surface area contributed by atoms with E-state index in [0.717, 1.165) is 41.1 Å². The summed E-state index contributed by atoms with van der Waals surface area (Å²) < 4.78 is 5.83. The van der Waals surface area contributed by atoms with Crippen LogP contribution in [0, 0.1) is 12.8 Å². The molecule has 1 aromatic heterocycles. The normalized spacial score (nSPS) is 18.2. The van der Waals surface area contributed by atoms with Gasteiger partial charge in [-0.25, -0.2) is 0 Å². The fourth-order valence-electron chi connectivity index (χ4n) is 3.23. The first-order valence-electron chi connectivity index (χ1n) is 7.41. The molecule has 0 radical (unpaired) electrons. The zero-order valence-corrected chi connectivity index (χ0v) is 11.6. The molecule has 0 amide bonds. The summed E-state index contributed by atoms with van der Waals surface area (Å²) in [5.41, 5.74) is 2.05. The van der Waals surface area contributed by atoms with Gasteiger partial charge in [0.1, 0.15) is 17.4 Å². The number of rotatable bonds is 4. The molecular weight excluding hydrogens is 236 g/mol. The lowest BCUT2D eigenvalue weighted by Gasteiger charge is -2.11. The van der Waals surface area contributed by atoms with Crippen LogP contribution in [0.4, 0.5) is 0 Å². The first-order chi connectivity index (χ1) is 9.24. The Morgan fingerprint density at radius 2 is 2.11 bits per heavy atom. The molecule has 0 aliphatic heterocycles. The summed E-state index contributed by atoms with van der Waals surface area (Å²) in [5, 5.41) is 11.4. The number of fused-ring (bicyclic) bond motifs is 1. The third kappa shape index (κ3) is 2.69. The van der Waals surface area contributed by atoms with E-state index in [0.29, 0.717) is 0 Å². The molecule has 1 N–H and O–H groups in total. The summed E-state index contributed by atoms with van der Waals surface area (Å²) in [6.45, 7) is 2.04. The number of hydrogen-bond acceptors (Lipinski definition) is 2. The third-order valence-corrected chi connectivity index (χ3v) is 4.41. The summed E-state index contributed by atoms with van der Waals surface area (Å²) in [6, 6.07) is 8.10. The van der Waals surface area contributed by atoms with Crippen molar-refractivity contribution in [1.29, 1.82) is 0 Å². The number of para-hydroxylation sites is 1. The van der Waals surface area contributed by atoms with Crippen molar-refractivity contribution in [3.63, 3.8) is 0 Å². The van der Waals surface area contributed by atoms with Crippen LogP contribution in [-0.2, 0) is 0 Å². The van der Waals surface area contributed by atoms with Gasteiger partial charge in [0.25, 0.3) is 0 Å².